The summed E-state index contributed by atoms with van der Waals surface area (Å²) in [5.41, 5.74) is 4.61. The van der Waals surface area contributed by atoms with Crippen molar-refractivity contribution in [3.8, 4) is 23.1 Å². The average molecular weight is 595 g/mol. The third kappa shape index (κ3) is 5.81. The van der Waals surface area contributed by atoms with Crippen molar-refractivity contribution in [2.45, 2.75) is 39.7 Å². The summed E-state index contributed by atoms with van der Waals surface area (Å²) < 4.78 is 9.51. The van der Waals surface area contributed by atoms with Crippen LogP contribution < -0.4 is 9.64 Å². The van der Waals surface area contributed by atoms with Gasteiger partial charge in [-0.05, 0) is 42.9 Å². The first-order valence-electron chi connectivity index (χ1n) is 14.1. The molecule has 6 rings (SSSR count). The molecule has 1 aliphatic heterocycles. The molecule has 0 N–H and O–H groups in total. The fraction of sp³-hybridized carbons (Fsp3) is 0.312. The van der Waals surface area contributed by atoms with Crippen LogP contribution in [-0.4, -0.2) is 48.0 Å². The van der Waals surface area contributed by atoms with Crippen LogP contribution >= 0.6 is 11.6 Å². The number of piperidine rings is 1. The standard InChI is InChI=1S/C32H31ClN8O2/c1-21-5-4-6-26(33)30(21)28(42)12-32(2)7-9-40(10-8-32)29-16-35-27(15-36-29)25-11-24(43-19-23-17-39(3)20-37-23)18-41-31(25)22(13-34)14-38-41/h4-6,11,14-18,20H,7-10,12,19H2,1-3H3. The van der Waals surface area contributed by atoms with Gasteiger partial charge in [-0.1, -0.05) is 30.7 Å². The molecule has 0 unspecified atom stereocenters. The van der Waals surface area contributed by atoms with E-state index >= 15 is 0 Å². The summed E-state index contributed by atoms with van der Waals surface area (Å²) in [6.45, 7) is 5.93. The maximum atomic E-state index is 13.2. The van der Waals surface area contributed by atoms with Crippen molar-refractivity contribution in [2.24, 2.45) is 12.5 Å². The van der Waals surface area contributed by atoms with Gasteiger partial charge in [0.25, 0.3) is 0 Å². The third-order valence-electron chi connectivity index (χ3n) is 8.15. The lowest BCUT2D eigenvalue weighted by Gasteiger charge is -2.39. The molecule has 0 bridgehead atoms. The number of Topliss-reactive ketones (excluding diaryl/α,β-unsaturated/α-hetero) is 1. The maximum absolute atomic E-state index is 13.2. The van der Waals surface area contributed by atoms with E-state index in [1.165, 1.54) is 6.20 Å². The van der Waals surface area contributed by atoms with E-state index in [2.05, 4.69) is 28.0 Å². The molecule has 0 amide bonds. The number of benzene rings is 1. The molecule has 4 aromatic heterocycles. The summed E-state index contributed by atoms with van der Waals surface area (Å²) in [5.74, 6) is 1.44. The average Bonchev–Trinajstić information content (AvgIpc) is 3.61. The molecule has 1 saturated heterocycles. The molecule has 10 nitrogen and oxygen atoms in total. The van der Waals surface area contributed by atoms with E-state index in [-0.39, 0.29) is 11.2 Å². The number of rotatable bonds is 8. The quantitative estimate of drug-likeness (QED) is 0.207. The van der Waals surface area contributed by atoms with Crippen LogP contribution in [0.1, 0.15) is 53.4 Å². The zero-order valence-electron chi connectivity index (χ0n) is 24.3. The Morgan fingerprint density at radius 2 is 1.95 bits per heavy atom. The zero-order valence-corrected chi connectivity index (χ0v) is 25.0. The predicted molar refractivity (Wildman–Crippen MR) is 163 cm³/mol. The van der Waals surface area contributed by atoms with Crippen LogP contribution in [0.3, 0.4) is 0 Å². The fourth-order valence-corrected chi connectivity index (χ4v) is 6.02. The molecule has 5 aromatic rings. The Kier molecular flexibility index (Phi) is 7.59. The molecule has 0 atom stereocenters. The molecule has 11 heteroatoms. The highest BCUT2D eigenvalue weighted by atomic mass is 35.5. The van der Waals surface area contributed by atoms with Crippen LogP contribution in [0.25, 0.3) is 16.8 Å². The zero-order chi connectivity index (χ0) is 30.1. The minimum Gasteiger partial charge on any atom is -0.486 e. The molecule has 43 heavy (non-hydrogen) atoms. The van der Waals surface area contributed by atoms with E-state index < -0.39 is 0 Å². The number of ether oxygens (including phenoxy) is 1. The molecule has 0 aliphatic carbocycles. The number of aryl methyl sites for hydroxylation is 2. The third-order valence-corrected chi connectivity index (χ3v) is 8.46. The number of hydrogen-bond acceptors (Lipinski definition) is 8. The minimum atomic E-state index is -0.121. The van der Waals surface area contributed by atoms with Gasteiger partial charge in [-0.15, -0.1) is 0 Å². The Morgan fingerprint density at radius 3 is 2.63 bits per heavy atom. The largest absolute Gasteiger partial charge is 0.486 e. The second-order valence-electron chi connectivity index (χ2n) is 11.5. The summed E-state index contributed by atoms with van der Waals surface area (Å²) in [7, 11) is 1.91. The number of nitriles is 1. The smallest absolute Gasteiger partial charge is 0.165 e. The number of fused-ring (bicyclic) bond motifs is 1. The molecule has 1 fully saturated rings. The van der Waals surface area contributed by atoms with E-state index in [0.717, 1.165) is 43.0 Å². The molecule has 0 spiro atoms. The van der Waals surface area contributed by atoms with Crippen molar-refractivity contribution < 1.29 is 9.53 Å². The van der Waals surface area contributed by atoms with Crippen molar-refractivity contribution in [2.75, 3.05) is 18.0 Å². The van der Waals surface area contributed by atoms with Crippen molar-refractivity contribution in [1.82, 2.24) is 29.1 Å². The highest BCUT2D eigenvalue weighted by Gasteiger charge is 2.34. The van der Waals surface area contributed by atoms with Gasteiger partial charge in [0, 0.05) is 43.9 Å². The van der Waals surface area contributed by atoms with Crippen LogP contribution in [0.15, 0.2) is 61.6 Å². The van der Waals surface area contributed by atoms with Crippen molar-refractivity contribution >= 4 is 28.7 Å². The first kappa shape index (κ1) is 28.4. The summed E-state index contributed by atoms with van der Waals surface area (Å²) in [4.78, 5) is 29.2. The van der Waals surface area contributed by atoms with E-state index in [4.69, 9.17) is 26.3 Å². The normalized spacial score (nSPS) is 14.5. The summed E-state index contributed by atoms with van der Waals surface area (Å²) >= 11 is 6.37. The number of carbonyl (C=O) groups excluding carboxylic acids is 1. The second kappa shape index (κ2) is 11.5. The molecular weight excluding hydrogens is 564 g/mol. The summed E-state index contributed by atoms with van der Waals surface area (Å²) in [6, 6.07) is 9.65. The van der Waals surface area contributed by atoms with Gasteiger partial charge in [0.15, 0.2) is 5.78 Å². The predicted octanol–water partition coefficient (Wildman–Crippen LogP) is 5.82. The number of carbonyl (C=O) groups is 1. The van der Waals surface area contributed by atoms with Gasteiger partial charge < -0.3 is 14.2 Å². The highest BCUT2D eigenvalue weighted by molar-refractivity contribution is 6.34. The van der Waals surface area contributed by atoms with Gasteiger partial charge in [-0.2, -0.15) is 10.4 Å². The minimum absolute atomic E-state index is 0.0948. The number of ketones is 1. The number of nitrogens with zero attached hydrogens (tertiary/aromatic N) is 8. The summed E-state index contributed by atoms with van der Waals surface area (Å²) in [6.07, 6.45) is 12.5. The molecular formula is C32H31ClN8O2. The van der Waals surface area contributed by atoms with Gasteiger partial charge in [0.05, 0.1) is 58.6 Å². The van der Waals surface area contributed by atoms with Crippen molar-refractivity contribution in [1.29, 1.82) is 5.26 Å². The Hall–Kier alpha value is -4.75. The monoisotopic (exact) mass is 594 g/mol. The van der Waals surface area contributed by atoms with Gasteiger partial charge in [0.1, 0.15) is 24.2 Å². The van der Waals surface area contributed by atoms with Gasteiger partial charge in [-0.25, -0.2) is 14.5 Å². The molecule has 5 heterocycles. The van der Waals surface area contributed by atoms with Crippen LogP contribution in [-0.2, 0) is 13.7 Å². The van der Waals surface area contributed by atoms with E-state index in [0.29, 0.717) is 51.7 Å². The van der Waals surface area contributed by atoms with E-state index in [9.17, 15) is 10.1 Å². The molecule has 1 aliphatic rings. The van der Waals surface area contributed by atoms with E-state index in [1.807, 2.05) is 42.9 Å². The fourth-order valence-electron chi connectivity index (χ4n) is 5.69. The lowest BCUT2D eigenvalue weighted by molar-refractivity contribution is 0.0898. The number of halogens is 1. The van der Waals surface area contributed by atoms with E-state index in [1.54, 1.807) is 35.5 Å². The first-order valence-corrected chi connectivity index (χ1v) is 14.5. The Balaban J connectivity index is 1.18. The van der Waals surface area contributed by atoms with Crippen LogP contribution in [0.5, 0.6) is 5.75 Å². The van der Waals surface area contributed by atoms with Gasteiger partial charge >= 0.3 is 0 Å². The SMILES string of the molecule is Cc1cccc(Cl)c1C(=O)CC1(C)CCN(c2cnc(-c3cc(OCc4cn(C)cn4)cn4ncc(C#N)c34)cn2)CC1. The molecule has 0 saturated carbocycles. The van der Waals surface area contributed by atoms with Gasteiger partial charge in [0.2, 0.25) is 0 Å². The molecule has 1 aromatic carbocycles. The number of anilines is 1. The highest BCUT2D eigenvalue weighted by Crippen LogP contribution is 2.38. The van der Waals surface area contributed by atoms with Crippen LogP contribution in [0.4, 0.5) is 5.82 Å². The summed E-state index contributed by atoms with van der Waals surface area (Å²) in [5, 5.41) is 14.6. The molecule has 0 radical (unpaired) electrons. The van der Waals surface area contributed by atoms with Crippen molar-refractivity contribution in [3.05, 3.63) is 89.0 Å². The van der Waals surface area contributed by atoms with Crippen LogP contribution in [0, 0.1) is 23.7 Å². The second-order valence-corrected chi connectivity index (χ2v) is 11.9. The Bertz CT molecular complexity index is 1830. The first-order chi connectivity index (χ1) is 20.7. The number of pyridine rings is 1. The number of aromatic nitrogens is 6. The lowest BCUT2D eigenvalue weighted by atomic mass is 9.75. The van der Waals surface area contributed by atoms with Crippen LogP contribution in [0.2, 0.25) is 5.02 Å². The van der Waals surface area contributed by atoms with Crippen molar-refractivity contribution in [3.63, 3.8) is 0 Å². The number of imidazole rings is 1. The lowest BCUT2D eigenvalue weighted by Crippen LogP contribution is -2.40. The maximum Gasteiger partial charge on any atom is 0.165 e. The number of hydrogen-bond donors (Lipinski definition) is 0. The van der Waals surface area contributed by atoms with Gasteiger partial charge in [-0.3, -0.25) is 9.78 Å². The Labute approximate surface area is 254 Å². The topological polar surface area (TPSA) is 114 Å². The molecule has 218 valence electrons. The Morgan fingerprint density at radius 1 is 1.14 bits per heavy atom.